The molecule has 10 N–H and O–H groups in total. The first-order valence-corrected chi connectivity index (χ1v) is 16.0. The number of aliphatic hydroxyl groups is 2. The van der Waals surface area contributed by atoms with E-state index in [4.69, 9.17) is 39.0 Å². The number of nitrogens with two attached hydrogens (primary N) is 2. The highest BCUT2D eigenvalue weighted by Gasteiger charge is 2.54. The van der Waals surface area contributed by atoms with Crippen LogP contribution in [0.1, 0.15) is 18.0 Å². The zero-order chi connectivity index (χ0) is 31.8. The number of nitrogen functional groups attached to an aromatic ring is 2. The van der Waals surface area contributed by atoms with Crippen molar-refractivity contribution in [2.75, 3.05) is 24.7 Å². The second kappa shape index (κ2) is 10.8. The zero-order valence-electron chi connectivity index (χ0n) is 22.4. The highest BCUT2D eigenvalue weighted by Crippen LogP contribution is 2.54. The molecular formula is C20H24N10O13P2. The number of nitrogens with one attached hydrogen (secondary N) is 2. The Morgan fingerprint density at radius 1 is 0.911 bits per heavy atom. The van der Waals surface area contributed by atoms with Crippen LogP contribution in [0.2, 0.25) is 0 Å². The van der Waals surface area contributed by atoms with Crippen molar-refractivity contribution in [2.24, 2.45) is 0 Å². The van der Waals surface area contributed by atoms with Crippen LogP contribution in [0.4, 0.5) is 11.8 Å². The van der Waals surface area contributed by atoms with Gasteiger partial charge in [0.05, 0.1) is 25.2 Å². The van der Waals surface area contributed by atoms with Crippen LogP contribution >= 0.6 is 15.6 Å². The highest BCUT2D eigenvalue weighted by molar-refractivity contribution is 7.47. The number of phosphoric ester groups is 2. The van der Waals surface area contributed by atoms with Gasteiger partial charge in [-0.2, -0.15) is 10.1 Å². The van der Waals surface area contributed by atoms with Gasteiger partial charge in [-0.25, -0.2) is 24.1 Å². The summed E-state index contributed by atoms with van der Waals surface area (Å²) < 4.78 is 59.8. The number of anilines is 2. The largest absolute Gasteiger partial charge is 0.472 e. The first-order valence-electron chi connectivity index (χ1n) is 13.0. The maximum atomic E-state index is 13.2. The Hall–Kier alpha value is -3.44. The van der Waals surface area contributed by atoms with E-state index in [9.17, 15) is 33.9 Å². The fourth-order valence-corrected chi connectivity index (χ4v) is 7.23. The lowest BCUT2D eigenvalue weighted by Crippen LogP contribution is -2.36. The quantitative estimate of drug-likeness (QED) is 0.104. The first-order chi connectivity index (χ1) is 21.3. The fraction of sp³-hybridized carbons (Fsp3) is 0.500. The third-order valence-corrected chi connectivity index (χ3v) is 9.33. The Labute approximate surface area is 248 Å². The van der Waals surface area contributed by atoms with E-state index in [0.29, 0.717) is 0 Å². The zero-order valence-corrected chi connectivity index (χ0v) is 24.2. The molecule has 0 amide bonds. The number of H-pyrrole nitrogens is 2. The summed E-state index contributed by atoms with van der Waals surface area (Å²) in [5.74, 6) is -0.261. The summed E-state index contributed by atoms with van der Waals surface area (Å²) in [7, 11) is -10.2. The predicted octanol–water partition coefficient (Wildman–Crippen LogP) is -2.27. The summed E-state index contributed by atoms with van der Waals surface area (Å²) in [6, 6.07) is 0. The highest BCUT2D eigenvalue weighted by atomic mass is 31.2. The van der Waals surface area contributed by atoms with Crippen molar-refractivity contribution >= 4 is 49.6 Å². The lowest BCUT2D eigenvalue weighted by molar-refractivity contribution is -0.0637. The molecule has 242 valence electrons. The number of aromatic nitrogens is 8. The molecule has 10 atom stereocenters. The van der Waals surface area contributed by atoms with Gasteiger partial charge in [-0.15, -0.1) is 0 Å². The molecule has 3 saturated heterocycles. The molecule has 0 aromatic carbocycles. The molecular weight excluding hydrogens is 650 g/mol. The minimum atomic E-state index is -5.11. The van der Waals surface area contributed by atoms with E-state index >= 15 is 0 Å². The molecule has 2 bridgehead atoms. The Balaban J connectivity index is 1.21. The molecule has 45 heavy (non-hydrogen) atoms. The van der Waals surface area contributed by atoms with E-state index in [1.54, 1.807) is 0 Å². The fourth-order valence-electron chi connectivity index (χ4n) is 5.34. The lowest BCUT2D eigenvalue weighted by atomic mass is 10.1. The summed E-state index contributed by atoms with van der Waals surface area (Å²) in [6.45, 7) is -1.65. The number of aliphatic hydroxyl groups excluding tert-OH is 2. The summed E-state index contributed by atoms with van der Waals surface area (Å²) in [5, 5.41) is 28.8. The molecule has 0 aliphatic carbocycles. The van der Waals surface area contributed by atoms with Gasteiger partial charge in [-0.05, 0) is 0 Å². The number of nitrogens with zero attached hydrogens (tertiary/aromatic N) is 6. The number of hydrogen-bond acceptors (Lipinski definition) is 18. The van der Waals surface area contributed by atoms with Gasteiger partial charge in [0, 0.05) is 0 Å². The van der Waals surface area contributed by atoms with E-state index in [0.717, 1.165) is 17.2 Å². The van der Waals surface area contributed by atoms with Gasteiger partial charge in [0.2, 0.25) is 5.95 Å². The number of fused-ring (bicyclic) bond motifs is 5. The van der Waals surface area contributed by atoms with E-state index in [1.807, 2.05) is 0 Å². The average molecular weight is 674 g/mol. The van der Waals surface area contributed by atoms with Crippen LogP contribution in [0, 0.1) is 0 Å². The number of rotatable bonds is 2. The maximum Gasteiger partial charge on any atom is 0.472 e. The van der Waals surface area contributed by atoms with Crippen LogP contribution in [0.5, 0.6) is 0 Å². The number of hydrogen-bond donors (Lipinski definition) is 8. The SMILES string of the molecule is Nc1nc2c(ncn2[C@@H]2O[C@@H]3COP(=O)(O)O[C@@H]4C(COP(=O)(O)O[C@@H]2[C@@H]3O)O[C@@H](c2[nH]nc3c(N)ncnc23)[C@@H]4O)c(=O)[nH]1. The molecule has 0 saturated carbocycles. The van der Waals surface area contributed by atoms with Crippen molar-refractivity contribution in [1.29, 1.82) is 0 Å². The maximum absolute atomic E-state index is 13.2. The van der Waals surface area contributed by atoms with Crippen LogP contribution in [0.25, 0.3) is 22.2 Å². The predicted molar refractivity (Wildman–Crippen MR) is 143 cm³/mol. The number of ether oxygens (including phenoxy) is 2. The van der Waals surface area contributed by atoms with Gasteiger partial charge in [-0.3, -0.25) is 37.5 Å². The molecule has 3 aliphatic heterocycles. The minimum Gasteiger partial charge on any atom is -0.387 e. The Morgan fingerprint density at radius 3 is 2.38 bits per heavy atom. The number of imidazole rings is 1. The molecule has 23 nitrogen and oxygen atoms in total. The summed E-state index contributed by atoms with van der Waals surface area (Å²) in [4.78, 5) is 51.7. The van der Waals surface area contributed by atoms with Gasteiger partial charge in [0.1, 0.15) is 54.6 Å². The second-order valence-corrected chi connectivity index (χ2v) is 13.0. The Morgan fingerprint density at radius 2 is 1.62 bits per heavy atom. The third-order valence-electron chi connectivity index (χ3n) is 7.36. The van der Waals surface area contributed by atoms with Crippen molar-refractivity contribution in [3.05, 3.63) is 28.7 Å². The normalized spacial score (nSPS) is 37.7. The van der Waals surface area contributed by atoms with Gasteiger partial charge in [0.25, 0.3) is 5.56 Å². The lowest BCUT2D eigenvalue weighted by Gasteiger charge is -2.25. The van der Waals surface area contributed by atoms with Crippen LogP contribution in [0.15, 0.2) is 17.4 Å². The molecule has 7 rings (SSSR count). The van der Waals surface area contributed by atoms with E-state index in [1.165, 1.54) is 0 Å². The summed E-state index contributed by atoms with van der Waals surface area (Å²) >= 11 is 0. The second-order valence-electron chi connectivity index (χ2n) is 10.2. The van der Waals surface area contributed by atoms with Gasteiger partial charge >= 0.3 is 15.6 Å². The van der Waals surface area contributed by atoms with Crippen LogP contribution in [-0.2, 0) is 36.7 Å². The minimum absolute atomic E-state index is 0.0239. The summed E-state index contributed by atoms with van der Waals surface area (Å²) in [6.07, 6.45) is -10.4. The van der Waals surface area contributed by atoms with Crippen molar-refractivity contribution in [2.45, 2.75) is 49.0 Å². The van der Waals surface area contributed by atoms with Crippen LogP contribution in [-0.4, -0.2) is 110 Å². The molecule has 0 radical (unpaired) electrons. The smallest absolute Gasteiger partial charge is 0.387 e. The van der Waals surface area contributed by atoms with E-state index < -0.39 is 83.4 Å². The molecule has 3 fully saturated rings. The molecule has 25 heteroatoms. The average Bonchev–Trinajstić information content (AvgIpc) is 3.72. The van der Waals surface area contributed by atoms with E-state index in [-0.39, 0.29) is 39.7 Å². The van der Waals surface area contributed by atoms with Crippen molar-refractivity contribution in [3.63, 3.8) is 0 Å². The molecule has 3 unspecified atom stereocenters. The van der Waals surface area contributed by atoms with Crippen LogP contribution in [0.3, 0.4) is 0 Å². The molecule has 0 spiro atoms. The van der Waals surface area contributed by atoms with Crippen molar-refractivity contribution in [3.8, 4) is 0 Å². The molecule has 4 aromatic rings. The van der Waals surface area contributed by atoms with Crippen molar-refractivity contribution in [1.82, 2.24) is 39.7 Å². The topological polar surface area (TPSA) is 341 Å². The van der Waals surface area contributed by atoms with Gasteiger partial charge < -0.3 is 40.9 Å². The monoisotopic (exact) mass is 674 g/mol. The van der Waals surface area contributed by atoms with Gasteiger partial charge in [0.15, 0.2) is 28.7 Å². The first kappa shape index (κ1) is 30.2. The van der Waals surface area contributed by atoms with Gasteiger partial charge in [-0.1, -0.05) is 0 Å². The number of phosphoric acid groups is 2. The Kier molecular flexibility index (Phi) is 7.27. The third kappa shape index (κ3) is 5.31. The Bertz CT molecular complexity index is 1940. The standard InChI is InChI=1S/C20H24N10O13P2/c21-16-9-7(23-3-24-16)8(28-29-9)14-12(32)13-6(40-14)2-39-45(36,37)43-15-11(31)5(1-38-44(34,35)42-13)41-19(15)30-4-25-10-17(30)26-20(22)27-18(10)33/h3-6,11-15,19,31-32H,1-2H2,(H,28,29)(H,34,35)(H,36,37)(H2,21,23,24)(H3,22,26,27,33)/t5-,6?,11-,12-,13-,14+,15-,19-/m1/s1. The molecule has 7 heterocycles. The van der Waals surface area contributed by atoms with E-state index in [2.05, 4.69) is 35.1 Å². The molecule has 3 aliphatic rings. The summed E-state index contributed by atoms with van der Waals surface area (Å²) in [5.41, 5.74) is 10.9. The molecule has 4 aromatic heterocycles. The van der Waals surface area contributed by atoms with Crippen molar-refractivity contribution < 1.29 is 56.7 Å². The van der Waals surface area contributed by atoms with Crippen LogP contribution < -0.4 is 17.0 Å². The number of aromatic amines is 2.